The van der Waals surface area contributed by atoms with Gasteiger partial charge < -0.3 is 15.5 Å². The largest absolute Gasteiger partial charge is 0.322 e. The molecule has 2 N–H and O–H groups in total. The van der Waals surface area contributed by atoms with Gasteiger partial charge in [0.25, 0.3) is 0 Å². The molecule has 36 heavy (non-hydrogen) atoms. The minimum absolute atomic E-state index is 0.0846. The average molecular weight is 482 g/mol. The fraction of sp³-hybridized carbons (Fsp3) is 0.207. The number of carbonyl (C=O) groups excluding carboxylic acids is 2. The molecule has 1 heterocycles. The fourth-order valence-electron chi connectivity index (χ4n) is 4.16. The molecule has 184 valence electrons. The Morgan fingerprint density at radius 1 is 0.861 bits per heavy atom. The highest BCUT2D eigenvalue weighted by Gasteiger charge is 2.23. The van der Waals surface area contributed by atoms with E-state index in [-0.39, 0.29) is 18.5 Å². The first-order chi connectivity index (χ1) is 17.5. The van der Waals surface area contributed by atoms with Crippen LogP contribution < -0.4 is 10.6 Å². The first kappa shape index (κ1) is 24.7. The van der Waals surface area contributed by atoms with Crippen molar-refractivity contribution >= 4 is 23.4 Å². The highest BCUT2D eigenvalue weighted by Crippen LogP contribution is 2.34. The zero-order valence-electron chi connectivity index (χ0n) is 20.9. The lowest BCUT2D eigenvalue weighted by Crippen LogP contribution is -2.41. The molecule has 0 spiro atoms. The molecule has 3 amide bonds. The van der Waals surface area contributed by atoms with Crippen LogP contribution in [0.5, 0.6) is 0 Å². The van der Waals surface area contributed by atoms with Gasteiger partial charge in [0.2, 0.25) is 5.91 Å². The van der Waals surface area contributed by atoms with Gasteiger partial charge in [-0.2, -0.15) is 5.10 Å². The Balaban J connectivity index is 1.64. The maximum Gasteiger partial charge on any atom is 0.322 e. The first-order valence-corrected chi connectivity index (χ1v) is 12.1. The van der Waals surface area contributed by atoms with Crippen molar-refractivity contribution in [3.63, 3.8) is 0 Å². The number of aryl methyl sites for hydroxylation is 2. The van der Waals surface area contributed by atoms with Crippen LogP contribution in [0.25, 0.3) is 16.8 Å². The van der Waals surface area contributed by atoms with Gasteiger partial charge in [-0.05, 0) is 49.6 Å². The lowest BCUT2D eigenvalue weighted by molar-refractivity contribution is -0.116. The van der Waals surface area contributed by atoms with Gasteiger partial charge in [0.1, 0.15) is 12.4 Å². The van der Waals surface area contributed by atoms with Crippen molar-refractivity contribution in [2.24, 2.45) is 0 Å². The summed E-state index contributed by atoms with van der Waals surface area (Å²) in [5, 5.41) is 10.7. The summed E-state index contributed by atoms with van der Waals surface area (Å²) in [4.78, 5) is 27.8. The van der Waals surface area contributed by atoms with Crippen LogP contribution in [0.15, 0.2) is 84.9 Å². The molecule has 0 fully saturated rings. The number of amides is 3. The molecule has 4 aromatic rings. The topological polar surface area (TPSA) is 79.3 Å². The standard InChI is InChI=1S/C29H31N5O2/c1-4-19-33(29(36)30-24-16-9-6-10-17-24)20-26(35)31-28-27(23-14-7-5-8-15-23)22(3)32-34(28)25-18-12-11-13-21(25)2/h5-18H,4,19-20H2,1-3H3,(H,30,36)(H,31,35). The number of benzene rings is 3. The Morgan fingerprint density at radius 2 is 1.50 bits per heavy atom. The van der Waals surface area contributed by atoms with E-state index < -0.39 is 0 Å². The summed E-state index contributed by atoms with van der Waals surface area (Å²) in [6.07, 6.45) is 0.727. The van der Waals surface area contributed by atoms with Gasteiger partial charge in [0, 0.05) is 17.8 Å². The van der Waals surface area contributed by atoms with Crippen molar-refractivity contribution in [1.29, 1.82) is 0 Å². The lowest BCUT2D eigenvalue weighted by atomic mass is 10.1. The minimum atomic E-state index is -0.315. The third-order valence-corrected chi connectivity index (χ3v) is 5.86. The summed E-state index contributed by atoms with van der Waals surface area (Å²) in [5.74, 6) is 0.288. The number of anilines is 2. The second-order valence-electron chi connectivity index (χ2n) is 8.64. The summed E-state index contributed by atoms with van der Waals surface area (Å²) in [6.45, 7) is 6.29. The monoisotopic (exact) mass is 481 g/mol. The van der Waals surface area contributed by atoms with Crippen LogP contribution in [-0.4, -0.2) is 39.7 Å². The molecule has 0 saturated carbocycles. The Kier molecular flexibility index (Phi) is 7.80. The van der Waals surface area contributed by atoms with Gasteiger partial charge in [-0.1, -0.05) is 73.7 Å². The van der Waals surface area contributed by atoms with E-state index in [1.54, 1.807) is 4.68 Å². The normalized spacial score (nSPS) is 10.6. The number of hydrogen-bond acceptors (Lipinski definition) is 3. The van der Waals surface area contributed by atoms with Gasteiger partial charge in [-0.3, -0.25) is 4.79 Å². The highest BCUT2D eigenvalue weighted by atomic mass is 16.2. The van der Waals surface area contributed by atoms with Crippen LogP contribution in [0.1, 0.15) is 24.6 Å². The van der Waals surface area contributed by atoms with Crippen molar-refractivity contribution in [3.05, 3.63) is 96.2 Å². The molecule has 4 rings (SSSR count). The molecule has 7 nitrogen and oxygen atoms in total. The molecular formula is C29H31N5O2. The van der Waals surface area contributed by atoms with Crippen molar-refractivity contribution in [2.45, 2.75) is 27.2 Å². The predicted octanol–water partition coefficient (Wildman–Crippen LogP) is 6.04. The van der Waals surface area contributed by atoms with Crippen molar-refractivity contribution in [2.75, 3.05) is 23.7 Å². The summed E-state index contributed by atoms with van der Waals surface area (Å²) < 4.78 is 1.78. The molecule has 0 aliphatic heterocycles. The van der Waals surface area contributed by atoms with Crippen LogP contribution in [0, 0.1) is 13.8 Å². The van der Waals surface area contributed by atoms with E-state index in [9.17, 15) is 9.59 Å². The third-order valence-electron chi connectivity index (χ3n) is 5.86. The molecule has 0 bridgehead atoms. The van der Waals surface area contributed by atoms with Gasteiger partial charge >= 0.3 is 6.03 Å². The number of rotatable bonds is 8. The Labute approximate surface area is 211 Å². The van der Waals surface area contributed by atoms with E-state index in [0.29, 0.717) is 18.1 Å². The lowest BCUT2D eigenvalue weighted by Gasteiger charge is -2.22. The van der Waals surface area contributed by atoms with E-state index in [1.165, 1.54) is 4.90 Å². The van der Waals surface area contributed by atoms with Crippen LogP contribution in [0.3, 0.4) is 0 Å². The number of hydrogen-bond donors (Lipinski definition) is 2. The molecule has 7 heteroatoms. The number of nitrogens with one attached hydrogen (secondary N) is 2. The van der Waals surface area contributed by atoms with Gasteiger partial charge in [0.05, 0.1) is 11.4 Å². The Bertz CT molecular complexity index is 1330. The fourth-order valence-corrected chi connectivity index (χ4v) is 4.16. The number of para-hydroxylation sites is 2. The summed E-state index contributed by atoms with van der Waals surface area (Å²) in [5.41, 5.74) is 5.20. The van der Waals surface area contributed by atoms with Crippen LogP contribution in [0.2, 0.25) is 0 Å². The van der Waals surface area contributed by atoms with Crippen molar-refractivity contribution in [1.82, 2.24) is 14.7 Å². The van der Waals surface area contributed by atoms with Crippen molar-refractivity contribution < 1.29 is 9.59 Å². The molecule has 0 radical (unpaired) electrons. The maximum atomic E-state index is 13.3. The number of carbonyl (C=O) groups is 2. The molecule has 0 unspecified atom stereocenters. The number of nitrogens with zero attached hydrogens (tertiary/aromatic N) is 3. The van der Waals surface area contributed by atoms with E-state index in [0.717, 1.165) is 34.5 Å². The molecule has 0 aliphatic carbocycles. The van der Waals surface area contributed by atoms with E-state index >= 15 is 0 Å². The van der Waals surface area contributed by atoms with E-state index in [2.05, 4.69) is 10.6 Å². The molecule has 0 aliphatic rings. The van der Waals surface area contributed by atoms with Crippen LogP contribution in [0.4, 0.5) is 16.3 Å². The highest BCUT2D eigenvalue weighted by molar-refractivity contribution is 5.99. The number of aromatic nitrogens is 2. The first-order valence-electron chi connectivity index (χ1n) is 12.1. The quantitative estimate of drug-likeness (QED) is 0.322. The molecule has 0 saturated heterocycles. The van der Waals surface area contributed by atoms with Crippen LogP contribution >= 0.6 is 0 Å². The third kappa shape index (κ3) is 5.63. The van der Waals surface area contributed by atoms with E-state index in [1.807, 2.05) is 106 Å². The summed E-state index contributed by atoms with van der Waals surface area (Å²) in [7, 11) is 0. The van der Waals surface area contributed by atoms with Crippen molar-refractivity contribution in [3.8, 4) is 16.8 Å². The SMILES string of the molecule is CCCN(CC(=O)Nc1c(-c2ccccc2)c(C)nn1-c1ccccc1C)C(=O)Nc1ccccc1. The van der Waals surface area contributed by atoms with E-state index in [4.69, 9.17) is 5.10 Å². The number of urea groups is 1. The summed E-state index contributed by atoms with van der Waals surface area (Å²) in [6, 6.07) is 26.7. The molecule has 3 aromatic carbocycles. The Morgan fingerprint density at radius 3 is 2.17 bits per heavy atom. The van der Waals surface area contributed by atoms with Gasteiger partial charge in [0.15, 0.2) is 0 Å². The maximum absolute atomic E-state index is 13.3. The average Bonchev–Trinajstić information content (AvgIpc) is 3.20. The smallest absolute Gasteiger partial charge is 0.315 e. The molecule has 0 atom stereocenters. The second-order valence-corrected chi connectivity index (χ2v) is 8.64. The van der Waals surface area contributed by atoms with Gasteiger partial charge in [-0.15, -0.1) is 0 Å². The zero-order chi connectivity index (χ0) is 25.5. The zero-order valence-corrected chi connectivity index (χ0v) is 20.9. The molecular weight excluding hydrogens is 450 g/mol. The summed E-state index contributed by atoms with van der Waals surface area (Å²) >= 11 is 0. The van der Waals surface area contributed by atoms with Crippen LogP contribution in [-0.2, 0) is 4.79 Å². The minimum Gasteiger partial charge on any atom is -0.315 e. The Hall–Kier alpha value is -4.39. The second kappa shape index (κ2) is 11.4. The molecule has 1 aromatic heterocycles. The predicted molar refractivity (Wildman–Crippen MR) is 144 cm³/mol. The van der Waals surface area contributed by atoms with Gasteiger partial charge in [-0.25, -0.2) is 9.48 Å².